The first-order valence-corrected chi connectivity index (χ1v) is 7.04. The van der Waals surface area contributed by atoms with Crippen molar-refractivity contribution >= 4 is 11.0 Å². The quantitative estimate of drug-likeness (QED) is 0.801. The number of nitrogens with two attached hydrogens (primary N) is 1. The van der Waals surface area contributed by atoms with E-state index < -0.39 is 0 Å². The summed E-state index contributed by atoms with van der Waals surface area (Å²) in [5.41, 5.74) is 9.03. The van der Waals surface area contributed by atoms with Crippen molar-refractivity contribution in [1.29, 1.82) is 0 Å². The fraction of sp³-hybridized carbons (Fsp3) is 0.250. The fourth-order valence-electron chi connectivity index (χ4n) is 2.50. The lowest BCUT2D eigenvalue weighted by Crippen LogP contribution is -2.02. The molecule has 0 unspecified atom stereocenters. The standard InChI is InChI=1S/C16H17FN4/c1-2-7-21-15-4-3-12(17)9-14(15)20-16(21)11-5-6-19-13(8-11)10-18/h3-6,8-9H,2,7,10,18H2,1H3. The van der Waals surface area contributed by atoms with Crippen LogP contribution in [0.2, 0.25) is 0 Å². The van der Waals surface area contributed by atoms with Crippen molar-refractivity contribution in [2.45, 2.75) is 26.4 Å². The van der Waals surface area contributed by atoms with Gasteiger partial charge < -0.3 is 10.3 Å². The van der Waals surface area contributed by atoms with Crippen LogP contribution in [0.25, 0.3) is 22.4 Å². The molecule has 0 aliphatic heterocycles. The molecule has 5 heteroatoms. The maximum Gasteiger partial charge on any atom is 0.141 e. The molecule has 4 nitrogen and oxygen atoms in total. The molecule has 0 amide bonds. The second-order valence-electron chi connectivity index (χ2n) is 4.96. The van der Waals surface area contributed by atoms with Crippen LogP contribution in [0.5, 0.6) is 0 Å². The van der Waals surface area contributed by atoms with E-state index in [9.17, 15) is 4.39 Å². The number of nitrogens with zero attached hydrogens (tertiary/aromatic N) is 3. The molecule has 0 saturated heterocycles. The van der Waals surface area contributed by atoms with E-state index in [1.54, 1.807) is 12.3 Å². The minimum atomic E-state index is -0.271. The molecule has 2 aromatic heterocycles. The molecule has 2 heterocycles. The lowest BCUT2D eigenvalue weighted by atomic mass is 10.2. The second-order valence-corrected chi connectivity index (χ2v) is 4.96. The molecule has 0 fully saturated rings. The van der Waals surface area contributed by atoms with Crippen LogP contribution in [0.4, 0.5) is 4.39 Å². The van der Waals surface area contributed by atoms with Crippen molar-refractivity contribution in [3.8, 4) is 11.4 Å². The summed E-state index contributed by atoms with van der Waals surface area (Å²) in [6.45, 7) is 3.32. The zero-order valence-electron chi connectivity index (χ0n) is 11.9. The van der Waals surface area contributed by atoms with E-state index >= 15 is 0 Å². The molecule has 0 bridgehead atoms. The van der Waals surface area contributed by atoms with Gasteiger partial charge in [-0.2, -0.15) is 0 Å². The number of rotatable bonds is 4. The van der Waals surface area contributed by atoms with Gasteiger partial charge in [0.25, 0.3) is 0 Å². The number of imidazole rings is 1. The van der Waals surface area contributed by atoms with Crippen LogP contribution in [0.3, 0.4) is 0 Å². The Morgan fingerprint density at radius 1 is 1.24 bits per heavy atom. The van der Waals surface area contributed by atoms with Gasteiger partial charge in [0.2, 0.25) is 0 Å². The Hall–Kier alpha value is -2.27. The molecular weight excluding hydrogens is 267 g/mol. The minimum absolute atomic E-state index is 0.271. The van der Waals surface area contributed by atoms with Crippen molar-refractivity contribution < 1.29 is 4.39 Å². The summed E-state index contributed by atoms with van der Waals surface area (Å²) >= 11 is 0. The molecule has 0 radical (unpaired) electrons. The molecule has 0 aliphatic carbocycles. The first kappa shape index (κ1) is 13.7. The Balaban J connectivity index is 2.22. The van der Waals surface area contributed by atoms with E-state index in [1.807, 2.05) is 12.1 Å². The van der Waals surface area contributed by atoms with Gasteiger partial charge in [0, 0.05) is 30.9 Å². The Bertz CT molecular complexity index is 779. The third-order valence-electron chi connectivity index (χ3n) is 3.44. The van der Waals surface area contributed by atoms with E-state index in [2.05, 4.69) is 21.5 Å². The molecule has 1 aromatic carbocycles. The number of benzene rings is 1. The molecular formula is C16H17FN4. The van der Waals surface area contributed by atoms with Gasteiger partial charge in [-0.05, 0) is 30.7 Å². The van der Waals surface area contributed by atoms with Gasteiger partial charge in [-0.1, -0.05) is 6.92 Å². The SMILES string of the molecule is CCCn1c(-c2ccnc(CN)c2)nc2cc(F)ccc21. The van der Waals surface area contributed by atoms with Crippen LogP contribution in [0, 0.1) is 5.82 Å². The van der Waals surface area contributed by atoms with Crippen LogP contribution in [-0.4, -0.2) is 14.5 Å². The van der Waals surface area contributed by atoms with Crippen LogP contribution < -0.4 is 5.73 Å². The maximum atomic E-state index is 13.4. The first-order valence-electron chi connectivity index (χ1n) is 7.04. The zero-order valence-corrected chi connectivity index (χ0v) is 11.9. The smallest absolute Gasteiger partial charge is 0.141 e. The molecule has 0 saturated carbocycles. The zero-order chi connectivity index (χ0) is 14.8. The van der Waals surface area contributed by atoms with Crippen molar-refractivity contribution in [2.24, 2.45) is 5.73 Å². The summed E-state index contributed by atoms with van der Waals surface area (Å²) in [5, 5.41) is 0. The number of aryl methyl sites for hydroxylation is 1. The van der Waals surface area contributed by atoms with Gasteiger partial charge in [-0.15, -0.1) is 0 Å². The third-order valence-corrected chi connectivity index (χ3v) is 3.44. The maximum absolute atomic E-state index is 13.4. The summed E-state index contributed by atoms with van der Waals surface area (Å²) in [4.78, 5) is 8.80. The largest absolute Gasteiger partial charge is 0.325 e. The summed E-state index contributed by atoms with van der Waals surface area (Å²) in [6.07, 6.45) is 2.71. The van der Waals surface area contributed by atoms with Crippen LogP contribution in [0.1, 0.15) is 19.0 Å². The predicted octanol–water partition coefficient (Wildman–Crippen LogP) is 3.11. The second kappa shape index (κ2) is 5.61. The van der Waals surface area contributed by atoms with E-state index in [4.69, 9.17) is 5.73 Å². The van der Waals surface area contributed by atoms with Crippen LogP contribution >= 0.6 is 0 Å². The van der Waals surface area contributed by atoms with E-state index in [-0.39, 0.29) is 5.82 Å². The normalized spacial score (nSPS) is 11.2. The predicted molar refractivity (Wildman–Crippen MR) is 81.1 cm³/mol. The van der Waals surface area contributed by atoms with Gasteiger partial charge >= 0.3 is 0 Å². The van der Waals surface area contributed by atoms with Gasteiger partial charge in [0.15, 0.2) is 0 Å². The van der Waals surface area contributed by atoms with Crippen molar-refractivity contribution in [2.75, 3.05) is 0 Å². The molecule has 3 rings (SSSR count). The fourth-order valence-corrected chi connectivity index (χ4v) is 2.50. The average Bonchev–Trinajstić information content (AvgIpc) is 2.85. The molecule has 21 heavy (non-hydrogen) atoms. The molecule has 0 spiro atoms. The highest BCUT2D eigenvalue weighted by molar-refractivity contribution is 5.80. The molecule has 0 atom stereocenters. The Kier molecular flexibility index (Phi) is 3.66. The Labute approximate surface area is 122 Å². The highest BCUT2D eigenvalue weighted by atomic mass is 19.1. The highest BCUT2D eigenvalue weighted by Gasteiger charge is 2.13. The monoisotopic (exact) mass is 284 g/mol. The molecule has 3 aromatic rings. The number of hydrogen-bond acceptors (Lipinski definition) is 3. The van der Waals surface area contributed by atoms with E-state index in [0.717, 1.165) is 35.6 Å². The molecule has 108 valence electrons. The Morgan fingerprint density at radius 2 is 2.10 bits per heavy atom. The third kappa shape index (κ3) is 2.52. The van der Waals surface area contributed by atoms with Crippen LogP contribution in [0.15, 0.2) is 36.5 Å². The highest BCUT2D eigenvalue weighted by Crippen LogP contribution is 2.26. The lowest BCUT2D eigenvalue weighted by molar-refractivity contribution is 0.629. The number of fused-ring (bicyclic) bond motifs is 1. The summed E-state index contributed by atoms with van der Waals surface area (Å²) in [7, 11) is 0. The minimum Gasteiger partial charge on any atom is -0.325 e. The van der Waals surface area contributed by atoms with Gasteiger partial charge in [-0.25, -0.2) is 9.37 Å². The van der Waals surface area contributed by atoms with Crippen molar-refractivity contribution in [3.05, 3.63) is 48.0 Å². The molecule has 0 aliphatic rings. The molecule has 2 N–H and O–H groups in total. The first-order chi connectivity index (χ1) is 10.2. The number of halogens is 1. The van der Waals surface area contributed by atoms with Crippen LogP contribution in [-0.2, 0) is 13.1 Å². The Morgan fingerprint density at radius 3 is 2.86 bits per heavy atom. The van der Waals surface area contributed by atoms with Gasteiger partial charge in [-0.3, -0.25) is 4.98 Å². The average molecular weight is 284 g/mol. The van der Waals surface area contributed by atoms with Gasteiger partial charge in [0.05, 0.1) is 16.7 Å². The van der Waals surface area contributed by atoms with Crippen molar-refractivity contribution in [1.82, 2.24) is 14.5 Å². The van der Waals surface area contributed by atoms with Gasteiger partial charge in [0.1, 0.15) is 11.6 Å². The van der Waals surface area contributed by atoms with E-state index in [1.165, 1.54) is 12.1 Å². The summed E-state index contributed by atoms with van der Waals surface area (Å²) in [6, 6.07) is 8.56. The lowest BCUT2D eigenvalue weighted by Gasteiger charge is -2.08. The number of pyridine rings is 1. The van der Waals surface area contributed by atoms with E-state index in [0.29, 0.717) is 12.1 Å². The number of aromatic nitrogens is 3. The number of hydrogen-bond donors (Lipinski definition) is 1. The summed E-state index contributed by atoms with van der Waals surface area (Å²) < 4.78 is 15.5. The van der Waals surface area contributed by atoms with Crippen molar-refractivity contribution in [3.63, 3.8) is 0 Å². The topological polar surface area (TPSA) is 56.7 Å². The summed E-state index contributed by atoms with van der Waals surface area (Å²) in [5.74, 6) is 0.558.